The number of hydrogen-bond donors (Lipinski definition) is 2. The van der Waals surface area contributed by atoms with Gasteiger partial charge in [0.2, 0.25) is 0 Å². The Balaban J connectivity index is 0.000000112. The molecule has 2 N–H and O–H groups in total. The van der Waals surface area contributed by atoms with Crippen LogP contribution in [-0.4, -0.2) is 58.8 Å². The van der Waals surface area contributed by atoms with Crippen LogP contribution in [0.1, 0.15) is 64.7 Å². The molecule has 3 saturated carbocycles. The van der Waals surface area contributed by atoms with Crippen molar-refractivity contribution in [2.24, 2.45) is 23.7 Å². The minimum atomic E-state index is -0.658. The van der Waals surface area contributed by atoms with E-state index in [2.05, 4.69) is 13.5 Å². The molecule has 6 fully saturated rings. The van der Waals surface area contributed by atoms with Crippen LogP contribution in [0, 0.1) is 23.7 Å². The third kappa shape index (κ3) is 6.08. The summed E-state index contributed by atoms with van der Waals surface area (Å²) < 4.78 is 15.9. The summed E-state index contributed by atoms with van der Waals surface area (Å²) in [5.41, 5.74) is 0. The molecule has 7 nitrogen and oxygen atoms in total. The van der Waals surface area contributed by atoms with E-state index in [-0.39, 0.29) is 24.0 Å². The fraction of sp³-hybridized carbons (Fsp3) is 0.833. The van der Waals surface area contributed by atoms with Crippen LogP contribution in [0.15, 0.2) is 12.7 Å². The van der Waals surface area contributed by atoms with Crippen LogP contribution < -0.4 is 0 Å². The Morgan fingerprint density at radius 3 is 1.77 bits per heavy atom. The summed E-state index contributed by atoms with van der Waals surface area (Å²) in [5, 5.41) is 17.2. The van der Waals surface area contributed by atoms with E-state index in [0.717, 1.165) is 50.4 Å². The Kier molecular flexibility index (Phi) is 7.04. The molecule has 0 aromatic rings. The highest BCUT2D eigenvalue weighted by Gasteiger charge is 2.48. The van der Waals surface area contributed by atoms with E-state index >= 15 is 0 Å². The Morgan fingerprint density at radius 2 is 1.35 bits per heavy atom. The van der Waals surface area contributed by atoms with Gasteiger partial charge in [0.25, 0.3) is 0 Å². The standard InChI is InChI=1S/C10H16O.2C7H10O3/c1-3-4-8-5-7(2)10-9(6-8)11-10;2*8-7(9)4-1-2-5-6(3-4)10-5/h3,7-10H,1,4-6H2,2H3;2*4-6H,1-3H2,(H,8,9). The van der Waals surface area contributed by atoms with E-state index in [9.17, 15) is 9.59 Å². The van der Waals surface area contributed by atoms with E-state index < -0.39 is 11.9 Å². The molecule has 0 radical (unpaired) electrons. The second kappa shape index (κ2) is 9.59. The van der Waals surface area contributed by atoms with E-state index in [1.54, 1.807) is 0 Å². The molecule has 174 valence electrons. The second-order valence-corrected chi connectivity index (χ2v) is 10.1. The largest absolute Gasteiger partial charge is 0.481 e. The zero-order chi connectivity index (χ0) is 22.1. The highest BCUT2D eigenvalue weighted by Crippen LogP contribution is 2.44. The average Bonchev–Trinajstić information content (AvgIpc) is 3.59. The molecule has 10 unspecified atom stereocenters. The second-order valence-electron chi connectivity index (χ2n) is 10.1. The van der Waals surface area contributed by atoms with E-state index in [1.165, 1.54) is 19.3 Å². The number of aliphatic carboxylic acids is 2. The van der Waals surface area contributed by atoms with Crippen molar-refractivity contribution in [3.63, 3.8) is 0 Å². The van der Waals surface area contributed by atoms with Crippen LogP contribution in [-0.2, 0) is 23.8 Å². The molecule has 0 aromatic heterocycles. The van der Waals surface area contributed by atoms with Crippen LogP contribution in [0.25, 0.3) is 0 Å². The summed E-state index contributed by atoms with van der Waals surface area (Å²) in [6, 6.07) is 0. The predicted octanol–water partition coefficient (Wildman–Crippen LogP) is 3.65. The summed E-state index contributed by atoms with van der Waals surface area (Å²) in [6.07, 6.45) is 13.4. The number of hydrogen-bond acceptors (Lipinski definition) is 5. The van der Waals surface area contributed by atoms with Gasteiger partial charge in [0.15, 0.2) is 0 Å². The number of allylic oxidation sites excluding steroid dienone is 1. The van der Waals surface area contributed by atoms with Gasteiger partial charge in [-0.1, -0.05) is 13.0 Å². The first kappa shape index (κ1) is 22.7. The Hall–Kier alpha value is -1.44. The minimum absolute atomic E-state index is 0.135. The van der Waals surface area contributed by atoms with Crippen molar-refractivity contribution in [2.75, 3.05) is 0 Å². The quantitative estimate of drug-likeness (QED) is 0.511. The summed E-state index contributed by atoms with van der Waals surface area (Å²) in [4.78, 5) is 20.9. The van der Waals surface area contributed by atoms with Gasteiger partial charge in [0, 0.05) is 0 Å². The van der Waals surface area contributed by atoms with Gasteiger partial charge in [0.1, 0.15) is 0 Å². The monoisotopic (exact) mass is 436 g/mol. The molecule has 6 rings (SSSR count). The lowest BCUT2D eigenvalue weighted by molar-refractivity contribution is -0.143. The third-order valence-electron chi connectivity index (χ3n) is 7.66. The molecule has 0 aromatic carbocycles. The molecule has 6 aliphatic rings. The van der Waals surface area contributed by atoms with E-state index in [1.807, 2.05) is 6.08 Å². The van der Waals surface area contributed by atoms with Gasteiger partial charge in [-0.25, -0.2) is 0 Å². The van der Waals surface area contributed by atoms with Crippen LogP contribution in [0.4, 0.5) is 0 Å². The van der Waals surface area contributed by atoms with Crippen molar-refractivity contribution < 1.29 is 34.0 Å². The molecule has 3 aliphatic heterocycles. The topological polar surface area (TPSA) is 112 Å². The number of epoxide rings is 3. The zero-order valence-corrected chi connectivity index (χ0v) is 18.4. The maximum atomic E-state index is 10.5. The molecule has 0 amide bonds. The van der Waals surface area contributed by atoms with Gasteiger partial charge in [0.05, 0.1) is 48.5 Å². The lowest BCUT2D eigenvalue weighted by Crippen LogP contribution is -2.21. The summed E-state index contributed by atoms with van der Waals surface area (Å²) >= 11 is 0. The molecule has 0 bridgehead atoms. The Bertz CT molecular complexity index is 641. The van der Waals surface area contributed by atoms with Gasteiger partial charge in [-0.05, 0) is 69.6 Å². The SMILES string of the molecule is C=CCC1CC(C)C2OC2C1.O=C(O)C1CCC2OC2C1.O=C(O)C1CCC2OC2C1. The average molecular weight is 437 g/mol. The fourth-order valence-corrected chi connectivity index (χ4v) is 5.62. The number of carbonyl (C=O) groups is 2. The molecule has 10 atom stereocenters. The Morgan fingerprint density at radius 1 is 0.806 bits per heavy atom. The van der Waals surface area contributed by atoms with Crippen molar-refractivity contribution in [2.45, 2.75) is 101 Å². The number of carboxylic acids is 2. The number of carboxylic acid groups (broad SMARTS) is 2. The molecule has 3 aliphatic carbocycles. The molecule has 0 spiro atoms. The van der Waals surface area contributed by atoms with E-state index in [4.69, 9.17) is 24.4 Å². The maximum Gasteiger partial charge on any atom is 0.306 e. The summed E-state index contributed by atoms with van der Waals surface area (Å²) in [7, 11) is 0. The van der Waals surface area contributed by atoms with Crippen LogP contribution >= 0.6 is 0 Å². The number of ether oxygens (including phenoxy) is 3. The van der Waals surface area contributed by atoms with Crippen molar-refractivity contribution in [3.05, 3.63) is 12.7 Å². The first-order valence-electron chi connectivity index (χ1n) is 11.9. The molecule has 3 saturated heterocycles. The Labute approximate surface area is 184 Å². The van der Waals surface area contributed by atoms with Gasteiger partial charge in [-0.15, -0.1) is 6.58 Å². The van der Waals surface area contributed by atoms with Gasteiger partial charge in [-0.3, -0.25) is 9.59 Å². The summed E-state index contributed by atoms with van der Waals surface area (Å²) in [6.45, 7) is 6.08. The van der Waals surface area contributed by atoms with Crippen LogP contribution in [0.3, 0.4) is 0 Å². The molecule has 3 heterocycles. The maximum absolute atomic E-state index is 10.5. The van der Waals surface area contributed by atoms with E-state index in [0.29, 0.717) is 24.4 Å². The number of fused-ring (bicyclic) bond motifs is 3. The molecular weight excluding hydrogens is 400 g/mol. The normalized spacial score (nSPS) is 45.6. The molecular formula is C24H36O7. The zero-order valence-electron chi connectivity index (χ0n) is 18.4. The van der Waals surface area contributed by atoms with Gasteiger partial charge in [-0.2, -0.15) is 0 Å². The van der Waals surface area contributed by atoms with Crippen molar-refractivity contribution >= 4 is 11.9 Å². The van der Waals surface area contributed by atoms with Crippen LogP contribution in [0.2, 0.25) is 0 Å². The van der Waals surface area contributed by atoms with Gasteiger partial charge >= 0.3 is 11.9 Å². The smallest absolute Gasteiger partial charge is 0.306 e. The molecule has 31 heavy (non-hydrogen) atoms. The van der Waals surface area contributed by atoms with Crippen molar-refractivity contribution in [1.29, 1.82) is 0 Å². The fourth-order valence-electron chi connectivity index (χ4n) is 5.62. The highest BCUT2D eigenvalue weighted by molar-refractivity contribution is 5.70. The highest BCUT2D eigenvalue weighted by atomic mass is 16.6. The minimum Gasteiger partial charge on any atom is -0.481 e. The third-order valence-corrected chi connectivity index (χ3v) is 7.66. The lowest BCUT2D eigenvalue weighted by atomic mass is 9.81. The summed E-state index contributed by atoms with van der Waals surface area (Å²) in [5.74, 6) is 0.0559. The first-order chi connectivity index (χ1) is 14.9. The lowest BCUT2D eigenvalue weighted by Gasteiger charge is -2.21. The van der Waals surface area contributed by atoms with Gasteiger partial charge < -0.3 is 24.4 Å². The first-order valence-corrected chi connectivity index (χ1v) is 11.9. The van der Waals surface area contributed by atoms with Crippen LogP contribution in [0.5, 0.6) is 0 Å². The van der Waals surface area contributed by atoms with Crippen molar-refractivity contribution in [1.82, 2.24) is 0 Å². The number of rotatable bonds is 4. The van der Waals surface area contributed by atoms with Crippen molar-refractivity contribution in [3.8, 4) is 0 Å². The predicted molar refractivity (Wildman–Crippen MR) is 113 cm³/mol. The molecule has 7 heteroatoms.